The minimum Gasteiger partial charge on any atom is -0.405 e. The summed E-state index contributed by atoms with van der Waals surface area (Å²) in [4.78, 5) is 0.284. The lowest BCUT2D eigenvalue weighted by Crippen LogP contribution is -2.17. The molecule has 6 heteroatoms. The van der Waals surface area contributed by atoms with Crippen molar-refractivity contribution in [2.24, 2.45) is 0 Å². The Morgan fingerprint density at radius 3 is 2.50 bits per heavy atom. The van der Waals surface area contributed by atoms with Crippen LogP contribution in [0.5, 0.6) is 5.75 Å². The lowest BCUT2D eigenvalue weighted by atomic mass is 10.3. The molecule has 1 aromatic carbocycles. The van der Waals surface area contributed by atoms with Crippen LogP contribution in [0.25, 0.3) is 0 Å². The smallest absolute Gasteiger partial charge is 0.405 e. The summed E-state index contributed by atoms with van der Waals surface area (Å²) in [7, 11) is 0. The molecular formula is C8H6ClF3OS. The van der Waals surface area contributed by atoms with Crippen LogP contribution >= 0.6 is 23.4 Å². The van der Waals surface area contributed by atoms with Gasteiger partial charge in [-0.05, 0) is 18.4 Å². The van der Waals surface area contributed by atoms with Crippen LogP contribution in [-0.4, -0.2) is 12.6 Å². The summed E-state index contributed by atoms with van der Waals surface area (Å²) in [6, 6.07) is 4.14. The Morgan fingerprint density at radius 2 is 2.00 bits per heavy atom. The maximum atomic E-state index is 11.9. The Hall–Kier alpha value is -0.550. The summed E-state index contributed by atoms with van der Waals surface area (Å²) in [6.45, 7) is 0. The van der Waals surface area contributed by atoms with Gasteiger partial charge in [0.05, 0.1) is 9.92 Å². The SMILES string of the molecule is CSc1c(Cl)cccc1OC(F)(F)F. The molecule has 0 aliphatic rings. The van der Waals surface area contributed by atoms with E-state index >= 15 is 0 Å². The lowest BCUT2D eigenvalue weighted by Gasteiger charge is -2.12. The van der Waals surface area contributed by atoms with E-state index in [2.05, 4.69) is 4.74 Å². The molecule has 0 aromatic heterocycles. The van der Waals surface area contributed by atoms with Crippen molar-refractivity contribution >= 4 is 23.4 Å². The predicted octanol–water partition coefficient (Wildman–Crippen LogP) is 3.96. The number of rotatable bonds is 2. The largest absolute Gasteiger partial charge is 0.573 e. The molecule has 0 radical (unpaired) electrons. The molecule has 0 spiro atoms. The summed E-state index contributed by atoms with van der Waals surface area (Å²) in [5.74, 6) is -0.266. The van der Waals surface area contributed by atoms with Crippen molar-refractivity contribution in [1.82, 2.24) is 0 Å². The molecule has 78 valence electrons. The second kappa shape index (κ2) is 4.31. The molecule has 0 N–H and O–H groups in total. The highest BCUT2D eigenvalue weighted by molar-refractivity contribution is 7.98. The van der Waals surface area contributed by atoms with Crippen molar-refractivity contribution in [2.75, 3.05) is 6.26 Å². The first kappa shape index (κ1) is 11.5. The van der Waals surface area contributed by atoms with E-state index in [1.54, 1.807) is 6.26 Å². The van der Waals surface area contributed by atoms with E-state index in [0.29, 0.717) is 0 Å². The van der Waals surface area contributed by atoms with Crippen molar-refractivity contribution in [3.63, 3.8) is 0 Å². The zero-order valence-corrected chi connectivity index (χ0v) is 8.63. The minimum atomic E-state index is -4.69. The maximum absolute atomic E-state index is 11.9. The molecule has 0 atom stereocenters. The standard InChI is InChI=1S/C8H6ClF3OS/c1-14-7-5(9)3-2-4-6(7)13-8(10,11)12/h2-4H,1H3. The van der Waals surface area contributed by atoms with Crippen LogP contribution in [0.3, 0.4) is 0 Å². The number of alkyl halides is 3. The van der Waals surface area contributed by atoms with Gasteiger partial charge in [-0.25, -0.2) is 0 Å². The molecule has 0 fully saturated rings. The average molecular weight is 243 g/mol. The van der Waals surface area contributed by atoms with E-state index < -0.39 is 6.36 Å². The first-order valence-corrected chi connectivity index (χ1v) is 5.12. The van der Waals surface area contributed by atoms with Gasteiger partial charge >= 0.3 is 6.36 Å². The topological polar surface area (TPSA) is 9.23 Å². The highest BCUT2D eigenvalue weighted by atomic mass is 35.5. The normalized spacial score (nSPS) is 11.5. The molecule has 1 rings (SSSR count). The monoisotopic (exact) mass is 242 g/mol. The second-order valence-electron chi connectivity index (χ2n) is 2.32. The maximum Gasteiger partial charge on any atom is 0.573 e. The van der Waals surface area contributed by atoms with Crippen LogP contribution in [0.4, 0.5) is 13.2 Å². The third-order valence-corrected chi connectivity index (χ3v) is 2.62. The molecular weight excluding hydrogens is 237 g/mol. The Bertz CT molecular complexity index is 327. The average Bonchev–Trinajstić information content (AvgIpc) is 2.01. The molecule has 0 unspecified atom stereocenters. The second-order valence-corrected chi connectivity index (χ2v) is 3.54. The quantitative estimate of drug-likeness (QED) is 0.726. The molecule has 0 amide bonds. The van der Waals surface area contributed by atoms with E-state index in [-0.39, 0.29) is 15.7 Å². The summed E-state index contributed by atoms with van der Waals surface area (Å²) in [5.41, 5.74) is 0. The van der Waals surface area contributed by atoms with Gasteiger partial charge in [-0.1, -0.05) is 17.7 Å². The number of thioether (sulfide) groups is 1. The Labute approximate surface area is 88.2 Å². The van der Waals surface area contributed by atoms with Gasteiger partial charge in [0.2, 0.25) is 0 Å². The number of hydrogen-bond donors (Lipinski definition) is 0. The molecule has 1 aromatic rings. The molecule has 0 bridgehead atoms. The molecule has 0 saturated heterocycles. The fraction of sp³-hybridized carbons (Fsp3) is 0.250. The van der Waals surface area contributed by atoms with Gasteiger partial charge in [-0.2, -0.15) is 0 Å². The molecule has 14 heavy (non-hydrogen) atoms. The van der Waals surface area contributed by atoms with E-state index in [1.165, 1.54) is 18.2 Å². The summed E-state index contributed by atoms with van der Waals surface area (Å²) in [5, 5.41) is 0.249. The van der Waals surface area contributed by atoms with Crippen molar-refractivity contribution < 1.29 is 17.9 Å². The Balaban J connectivity index is 3.02. The molecule has 1 nitrogen and oxygen atoms in total. The van der Waals surface area contributed by atoms with Crippen molar-refractivity contribution in [3.8, 4) is 5.75 Å². The molecule has 0 heterocycles. The van der Waals surface area contributed by atoms with Gasteiger partial charge in [0.15, 0.2) is 0 Å². The number of ether oxygens (including phenoxy) is 1. The van der Waals surface area contributed by atoms with Crippen molar-refractivity contribution in [3.05, 3.63) is 23.2 Å². The third-order valence-electron chi connectivity index (χ3n) is 1.36. The number of halogens is 4. The van der Waals surface area contributed by atoms with Gasteiger partial charge in [-0.3, -0.25) is 0 Å². The zero-order valence-electron chi connectivity index (χ0n) is 7.06. The first-order chi connectivity index (χ1) is 6.44. The van der Waals surface area contributed by atoms with Crippen LogP contribution in [0.2, 0.25) is 5.02 Å². The Morgan fingerprint density at radius 1 is 1.36 bits per heavy atom. The van der Waals surface area contributed by atoms with Crippen LogP contribution in [-0.2, 0) is 0 Å². The Kier molecular flexibility index (Phi) is 3.55. The van der Waals surface area contributed by atoms with Crippen LogP contribution < -0.4 is 4.74 Å². The zero-order chi connectivity index (χ0) is 10.8. The third kappa shape index (κ3) is 2.99. The predicted molar refractivity (Wildman–Crippen MR) is 49.9 cm³/mol. The van der Waals surface area contributed by atoms with Gasteiger partial charge in [0, 0.05) is 0 Å². The molecule has 0 aliphatic heterocycles. The summed E-state index contributed by atoms with van der Waals surface area (Å²) < 4.78 is 39.5. The van der Waals surface area contributed by atoms with E-state index in [4.69, 9.17) is 11.6 Å². The van der Waals surface area contributed by atoms with Crippen molar-refractivity contribution in [1.29, 1.82) is 0 Å². The van der Waals surface area contributed by atoms with Gasteiger partial charge in [0.25, 0.3) is 0 Å². The number of hydrogen-bond acceptors (Lipinski definition) is 2. The van der Waals surface area contributed by atoms with Crippen LogP contribution in [0.15, 0.2) is 23.1 Å². The van der Waals surface area contributed by atoms with Gasteiger partial charge < -0.3 is 4.74 Å². The van der Waals surface area contributed by atoms with Gasteiger partial charge in [-0.15, -0.1) is 24.9 Å². The van der Waals surface area contributed by atoms with Crippen LogP contribution in [0, 0.1) is 0 Å². The van der Waals surface area contributed by atoms with E-state index in [9.17, 15) is 13.2 Å². The van der Waals surface area contributed by atoms with Gasteiger partial charge in [0.1, 0.15) is 5.75 Å². The first-order valence-electron chi connectivity index (χ1n) is 3.52. The lowest BCUT2D eigenvalue weighted by molar-refractivity contribution is -0.275. The summed E-state index contributed by atoms with van der Waals surface area (Å²) in [6.07, 6.45) is -3.06. The van der Waals surface area contributed by atoms with Crippen LogP contribution in [0.1, 0.15) is 0 Å². The fourth-order valence-electron chi connectivity index (χ4n) is 0.892. The molecule has 0 saturated carbocycles. The van der Waals surface area contributed by atoms with E-state index in [1.807, 2.05) is 0 Å². The molecule has 0 aliphatic carbocycles. The highest BCUT2D eigenvalue weighted by Crippen LogP contribution is 2.36. The summed E-state index contributed by atoms with van der Waals surface area (Å²) >= 11 is 6.80. The van der Waals surface area contributed by atoms with E-state index in [0.717, 1.165) is 11.8 Å². The van der Waals surface area contributed by atoms with Crippen molar-refractivity contribution in [2.45, 2.75) is 11.3 Å². The fourth-order valence-corrected chi connectivity index (χ4v) is 1.86. The number of benzene rings is 1. The highest BCUT2D eigenvalue weighted by Gasteiger charge is 2.32. The minimum absolute atomic E-state index is 0.249.